The molecule has 0 aliphatic carbocycles. The van der Waals surface area contributed by atoms with Crippen molar-refractivity contribution in [3.05, 3.63) is 66.2 Å². The van der Waals surface area contributed by atoms with Crippen LogP contribution in [0.4, 0.5) is 5.69 Å². The Morgan fingerprint density at radius 1 is 1.00 bits per heavy atom. The highest BCUT2D eigenvalue weighted by Crippen LogP contribution is 2.19. The van der Waals surface area contributed by atoms with E-state index in [9.17, 15) is 4.79 Å². The van der Waals surface area contributed by atoms with Gasteiger partial charge in [0.15, 0.2) is 11.6 Å². The summed E-state index contributed by atoms with van der Waals surface area (Å²) < 4.78 is 1.65. The molecule has 0 unspecified atom stereocenters. The van der Waals surface area contributed by atoms with Gasteiger partial charge in [0.2, 0.25) is 0 Å². The monoisotopic (exact) mass is 359 g/mol. The Morgan fingerprint density at radius 3 is 2.26 bits per heavy atom. The lowest BCUT2D eigenvalue weighted by atomic mass is 10.1. The lowest BCUT2D eigenvalue weighted by molar-refractivity contribution is 0.102. The van der Waals surface area contributed by atoms with Crippen molar-refractivity contribution in [3.63, 3.8) is 0 Å². The minimum Gasteiger partial charge on any atom is -0.322 e. The number of rotatable bonds is 4. The van der Waals surface area contributed by atoms with Crippen molar-refractivity contribution in [3.8, 4) is 22.8 Å². The Morgan fingerprint density at radius 2 is 1.67 bits per heavy atom. The van der Waals surface area contributed by atoms with Crippen LogP contribution in [0.3, 0.4) is 0 Å². The van der Waals surface area contributed by atoms with Crippen LogP contribution in [-0.4, -0.2) is 35.9 Å². The Bertz CT molecular complexity index is 1080. The van der Waals surface area contributed by atoms with Gasteiger partial charge in [-0.25, -0.2) is 9.97 Å². The number of carbonyl (C=O) groups excluding carboxylic acids is 1. The standard InChI is InChI=1S/C19H17N7O/c1-12-21-18(24-23-12)14-3-5-15(6-4-14)19(27)22-16-9-7-13(8-10-16)17-20-11-26(2)25-17/h3-11H,1-2H3,(H,22,27)(H,21,23,24). The summed E-state index contributed by atoms with van der Waals surface area (Å²) in [4.78, 5) is 20.9. The van der Waals surface area contributed by atoms with E-state index in [4.69, 9.17) is 0 Å². The van der Waals surface area contributed by atoms with E-state index >= 15 is 0 Å². The molecule has 2 N–H and O–H groups in total. The van der Waals surface area contributed by atoms with Crippen LogP contribution in [0.1, 0.15) is 16.2 Å². The van der Waals surface area contributed by atoms with E-state index in [1.165, 1.54) is 0 Å². The molecule has 1 amide bonds. The summed E-state index contributed by atoms with van der Waals surface area (Å²) >= 11 is 0. The number of amides is 1. The molecule has 0 spiro atoms. The molecule has 27 heavy (non-hydrogen) atoms. The van der Waals surface area contributed by atoms with Crippen molar-refractivity contribution in [2.45, 2.75) is 6.92 Å². The highest BCUT2D eigenvalue weighted by molar-refractivity contribution is 6.04. The third-order valence-corrected chi connectivity index (χ3v) is 4.00. The van der Waals surface area contributed by atoms with Crippen LogP contribution < -0.4 is 5.32 Å². The van der Waals surface area contributed by atoms with Crippen LogP contribution >= 0.6 is 0 Å². The third-order valence-electron chi connectivity index (χ3n) is 4.00. The summed E-state index contributed by atoms with van der Waals surface area (Å²) in [5, 5.41) is 14.1. The fourth-order valence-corrected chi connectivity index (χ4v) is 2.62. The van der Waals surface area contributed by atoms with Crippen LogP contribution in [0.15, 0.2) is 54.9 Å². The first-order valence-corrected chi connectivity index (χ1v) is 8.35. The molecule has 0 fully saturated rings. The Kier molecular flexibility index (Phi) is 4.21. The maximum absolute atomic E-state index is 12.4. The summed E-state index contributed by atoms with van der Waals surface area (Å²) in [5.41, 5.74) is 3.00. The molecule has 0 saturated carbocycles. The topological polar surface area (TPSA) is 101 Å². The van der Waals surface area contributed by atoms with E-state index < -0.39 is 0 Å². The van der Waals surface area contributed by atoms with Gasteiger partial charge in [-0.05, 0) is 43.3 Å². The number of hydrogen-bond donors (Lipinski definition) is 2. The van der Waals surface area contributed by atoms with E-state index in [1.54, 1.807) is 23.1 Å². The molecule has 2 aromatic carbocycles. The molecule has 2 aromatic heterocycles. The molecule has 0 aliphatic heterocycles. The van der Waals surface area contributed by atoms with E-state index in [1.807, 2.05) is 50.4 Å². The zero-order valence-electron chi connectivity index (χ0n) is 14.8. The van der Waals surface area contributed by atoms with Gasteiger partial charge in [0, 0.05) is 29.4 Å². The Hall–Kier alpha value is -3.81. The first-order valence-electron chi connectivity index (χ1n) is 8.35. The van der Waals surface area contributed by atoms with Gasteiger partial charge in [-0.3, -0.25) is 14.6 Å². The van der Waals surface area contributed by atoms with E-state index in [0.717, 1.165) is 17.0 Å². The van der Waals surface area contributed by atoms with Crippen LogP contribution in [0.2, 0.25) is 0 Å². The molecule has 0 atom stereocenters. The quantitative estimate of drug-likeness (QED) is 0.583. The van der Waals surface area contributed by atoms with Crippen molar-refractivity contribution < 1.29 is 4.79 Å². The predicted molar refractivity (Wildman–Crippen MR) is 101 cm³/mol. The number of aromatic amines is 1. The van der Waals surface area contributed by atoms with Crippen molar-refractivity contribution in [2.24, 2.45) is 7.05 Å². The number of aromatic nitrogens is 6. The number of nitrogens with zero attached hydrogens (tertiary/aromatic N) is 5. The number of hydrogen-bond acceptors (Lipinski definition) is 5. The number of H-pyrrole nitrogens is 1. The molecular weight excluding hydrogens is 342 g/mol. The lowest BCUT2D eigenvalue weighted by Gasteiger charge is -2.06. The van der Waals surface area contributed by atoms with Crippen LogP contribution in [0.25, 0.3) is 22.8 Å². The van der Waals surface area contributed by atoms with Gasteiger partial charge < -0.3 is 5.32 Å². The fraction of sp³-hybridized carbons (Fsp3) is 0.105. The molecule has 2 heterocycles. The van der Waals surface area contributed by atoms with Crippen LogP contribution in [0, 0.1) is 6.92 Å². The smallest absolute Gasteiger partial charge is 0.255 e. The maximum Gasteiger partial charge on any atom is 0.255 e. The predicted octanol–water partition coefficient (Wildman–Crippen LogP) is 2.83. The van der Waals surface area contributed by atoms with E-state index in [-0.39, 0.29) is 5.91 Å². The number of benzene rings is 2. The SMILES string of the molecule is Cc1nc(-c2ccc(C(=O)Nc3ccc(-c4ncn(C)n4)cc3)cc2)n[nH]1. The summed E-state index contributed by atoms with van der Waals surface area (Å²) in [6.07, 6.45) is 1.65. The zero-order chi connectivity index (χ0) is 18.8. The van der Waals surface area contributed by atoms with E-state index in [0.29, 0.717) is 22.9 Å². The van der Waals surface area contributed by atoms with Gasteiger partial charge in [0.1, 0.15) is 12.2 Å². The molecule has 8 nitrogen and oxygen atoms in total. The van der Waals surface area contributed by atoms with E-state index in [2.05, 4.69) is 30.6 Å². The van der Waals surface area contributed by atoms with Crippen molar-refractivity contribution >= 4 is 11.6 Å². The van der Waals surface area contributed by atoms with Crippen LogP contribution in [0.5, 0.6) is 0 Å². The molecule has 0 radical (unpaired) electrons. The molecule has 4 aromatic rings. The minimum atomic E-state index is -0.184. The lowest BCUT2D eigenvalue weighted by Crippen LogP contribution is -2.11. The summed E-state index contributed by atoms with van der Waals surface area (Å²) in [5.74, 6) is 1.82. The number of carbonyl (C=O) groups is 1. The van der Waals surface area contributed by atoms with Gasteiger partial charge in [0.25, 0.3) is 5.91 Å². The average molecular weight is 359 g/mol. The molecule has 4 rings (SSSR count). The first kappa shape index (κ1) is 16.6. The van der Waals surface area contributed by atoms with Gasteiger partial charge in [-0.2, -0.15) is 10.2 Å². The van der Waals surface area contributed by atoms with Gasteiger partial charge in [-0.15, -0.1) is 0 Å². The summed E-state index contributed by atoms with van der Waals surface area (Å²) in [7, 11) is 1.82. The normalized spacial score (nSPS) is 10.7. The highest BCUT2D eigenvalue weighted by Gasteiger charge is 2.09. The Balaban J connectivity index is 1.45. The molecule has 0 aliphatic rings. The van der Waals surface area contributed by atoms with Crippen molar-refractivity contribution in [2.75, 3.05) is 5.32 Å². The maximum atomic E-state index is 12.4. The second kappa shape index (κ2) is 6.83. The molecule has 0 saturated heterocycles. The Labute approximate surface area is 155 Å². The van der Waals surface area contributed by atoms with Crippen LogP contribution in [-0.2, 0) is 7.05 Å². The largest absolute Gasteiger partial charge is 0.322 e. The minimum absolute atomic E-state index is 0.184. The molecule has 0 bridgehead atoms. The summed E-state index contributed by atoms with van der Waals surface area (Å²) in [6, 6.07) is 14.6. The molecular formula is C19H17N7O. The van der Waals surface area contributed by atoms with Crippen molar-refractivity contribution in [1.29, 1.82) is 0 Å². The zero-order valence-corrected chi connectivity index (χ0v) is 14.8. The third kappa shape index (κ3) is 3.59. The summed E-state index contributed by atoms with van der Waals surface area (Å²) in [6.45, 7) is 1.84. The second-order valence-corrected chi connectivity index (χ2v) is 6.10. The fourth-order valence-electron chi connectivity index (χ4n) is 2.62. The number of anilines is 1. The van der Waals surface area contributed by atoms with Gasteiger partial charge in [-0.1, -0.05) is 12.1 Å². The number of nitrogens with one attached hydrogen (secondary N) is 2. The van der Waals surface area contributed by atoms with Crippen molar-refractivity contribution in [1.82, 2.24) is 29.9 Å². The molecule has 134 valence electrons. The highest BCUT2D eigenvalue weighted by atomic mass is 16.1. The van der Waals surface area contributed by atoms with Gasteiger partial charge >= 0.3 is 0 Å². The van der Waals surface area contributed by atoms with Gasteiger partial charge in [0.05, 0.1) is 0 Å². The average Bonchev–Trinajstić information content (AvgIpc) is 3.31. The molecule has 8 heteroatoms. The first-order chi connectivity index (χ1) is 13.1. The number of aryl methyl sites for hydroxylation is 2. The second-order valence-electron chi connectivity index (χ2n) is 6.10.